The summed E-state index contributed by atoms with van der Waals surface area (Å²) in [7, 11) is 5.91. The van der Waals surface area contributed by atoms with Crippen molar-refractivity contribution >= 4 is 0 Å². The molecule has 1 aromatic carbocycles. The van der Waals surface area contributed by atoms with E-state index in [0.717, 1.165) is 18.0 Å². The first kappa shape index (κ1) is 17.5. The number of hydrogen-bond acceptors (Lipinski definition) is 3. The van der Waals surface area contributed by atoms with Gasteiger partial charge in [0.1, 0.15) is 5.75 Å². The van der Waals surface area contributed by atoms with Gasteiger partial charge in [-0.3, -0.25) is 9.58 Å². The van der Waals surface area contributed by atoms with E-state index in [2.05, 4.69) is 63.8 Å². The number of rotatable bonds is 5. The van der Waals surface area contributed by atoms with Gasteiger partial charge in [0, 0.05) is 30.9 Å². The van der Waals surface area contributed by atoms with E-state index in [1.54, 1.807) is 7.11 Å². The summed E-state index contributed by atoms with van der Waals surface area (Å²) in [5, 5.41) is 4.55. The highest BCUT2D eigenvalue weighted by atomic mass is 16.5. The van der Waals surface area contributed by atoms with E-state index < -0.39 is 0 Å². The van der Waals surface area contributed by atoms with Gasteiger partial charge in [-0.05, 0) is 64.4 Å². The van der Waals surface area contributed by atoms with Crippen LogP contribution in [0.1, 0.15) is 46.6 Å². The SMILES string of the molecule is COc1ccc(CN(C)[C@H](C)c2c(C)nn(C)c2C)c(C)c1C. The molecule has 126 valence electrons. The fourth-order valence-electron chi connectivity index (χ4n) is 3.26. The van der Waals surface area contributed by atoms with Crippen molar-refractivity contribution in [2.45, 2.75) is 47.2 Å². The van der Waals surface area contributed by atoms with Crippen LogP contribution in [0.15, 0.2) is 12.1 Å². The van der Waals surface area contributed by atoms with E-state index in [-0.39, 0.29) is 0 Å². The maximum absolute atomic E-state index is 5.41. The van der Waals surface area contributed by atoms with Crippen molar-refractivity contribution in [2.75, 3.05) is 14.2 Å². The molecule has 4 heteroatoms. The molecule has 0 aliphatic rings. The van der Waals surface area contributed by atoms with Crippen LogP contribution in [0, 0.1) is 27.7 Å². The van der Waals surface area contributed by atoms with Crippen LogP contribution in [0.2, 0.25) is 0 Å². The molecule has 0 saturated carbocycles. The summed E-state index contributed by atoms with van der Waals surface area (Å²) >= 11 is 0. The van der Waals surface area contributed by atoms with Gasteiger partial charge in [-0.1, -0.05) is 6.07 Å². The lowest BCUT2D eigenvalue weighted by atomic mass is 10.00. The molecule has 0 saturated heterocycles. The minimum atomic E-state index is 0.325. The summed E-state index contributed by atoms with van der Waals surface area (Å²) in [6, 6.07) is 4.56. The Morgan fingerprint density at radius 2 is 1.83 bits per heavy atom. The van der Waals surface area contributed by atoms with Crippen LogP contribution in [0.3, 0.4) is 0 Å². The summed E-state index contributed by atoms with van der Waals surface area (Å²) in [5.74, 6) is 0.959. The van der Waals surface area contributed by atoms with Gasteiger partial charge in [0.05, 0.1) is 12.8 Å². The molecule has 0 unspecified atom stereocenters. The first-order valence-corrected chi connectivity index (χ1v) is 8.11. The minimum Gasteiger partial charge on any atom is -0.496 e. The molecular weight excluding hydrogens is 286 g/mol. The zero-order chi connectivity index (χ0) is 17.3. The lowest BCUT2D eigenvalue weighted by molar-refractivity contribution is 0.251. The van der Waals surface area contributed by atoms with Crippen molar-refractivity contribution in [2.24, 2.45) is 7.05 Å². The van der Waals surface area contributed by atoms with Crippen molar-refractivity contribution in [3.8, 4) is 5.75 Å². The second-order valence-corrected chi connectivity index (χ2v) is 6.48. The number of nitrogens with zero attached hydrogens (tertiary/aromatic N) is 3. The zero-order valence-electron chi connectivity index (χ0n) is 15.7. The van der Waals surface area contributed by atoms with Crippen molar-refractivity contribution in [1.29, 1.82) is 0 Å². The average molecular weight is 315 g/mol. The van der Waals surface area contributed by atoms with Gasteiger partial charge in [-0.15, -0.1) is 0 Å². The average Bonchev–Trinajstić information content (AvgIpc) is 2.76. The molecule has 1 atom stereocenters. The van der Waals surface area contributed by atoms with Crippen LogP contribution in [0.25, 0.3) is 0 Å². The van der Waals surface area contributed by atoms with Crippen LogP contribution in [0.5, 0.6) is 5.75 Å². The largest absolute Gasteiger partial charge is 0.496 e. The molecule has 0 amide bonds. The lowest BCUT2D eigenvalue weighted by Gasteiger charge is -2.26. The Morgan fingerprint density at radius 3 is 2.35 bits per heavy atom. The summed E-state index contributed by atoms with van der Waals surface area (Å²) in [6.45, 7) is 11.7. The third-order valence-corrected chi connectivity index (χ3v) is 5.13. The Kier molecular flexibility index (Phi) is 5.15. The quantitative estimate of drug-likeness (QED) is 0.839. The van der Waals surface area contributed by atoms with Crippen molar-refractivity contribution in [3.05, 3.63) is 45.8 Å². The molecular formula is C19H29N3O. The van der Waals surface area contributed by atoms with Gasteiger partial charge in [0.15, 0.2) is 0 Å². The highest BCUT2D eigenvalue weighted by Crippen LogP contribution is 2.29. The van der Waals surface area contributed by atoms with Crippen LogP contribution >= 0.6 is 0 Å². The number of hydrogen-bond donors (Lipinski definition) is 0. The summed E-state index contributed by atoms with van der Waals surface area (Å²) in [5.41, 5.74) is 7.56. The van der Waals surface area contributed by atoms with E-state index in [1.807, 2.05) is 11.7 Å². The standard InChI is InChI=1S/C19H29N3O/c1-12-13(2)18(23-8)10-9-17(12)11-21(6)15(4)19-14(3)20-22(7)16(19)5/h9-10,15H,11H2,1-8H3/t15-/m1/s1. The van der Waals surface area contributed by atoms with E-state index in [1.165, 1.54) is 27.9 Å². The van der Waals surface area contributed by atoms with E-state index in [4.69, 9.17) is 4.74 Å². The Hall–Kier alpha value is -1.81. The zero-order valence-corrected chi connectivity index (χ0v) is 15.7. The molecule has 0 radical (unpaired) electrons. The molecule has 0 fully saturated rings. The van der Waals surface area contributed by atoms with Crippen LogP contribution in [0.4, 0.5) is 0 Å². The smallest absolute Gasteiger partial charge is 0.122 e. The predicted octanol–water partition coefficient (Wildman–Crippen LogP) is 3.86. The molecule has 23 heavy (non-hydrogen) atoms. The summed E-state index contributed by atoms with van der Waals surface area (Å²) in [6.07, 6.45) is 0. The van der Waals surface area contributed by atoms with E-state index in [9.17, 15) is 0 Å². The number of aryl methyl sites for hydroxylation is 2. The Morgan fingerprint density at radius 1 is 1.17 bits per heavy atom. The number of ether oxygens (including phenoxy) is 1. The van der Waals surface area contributed by atoms with Gasteiger partial charge in [0.25, 0.3) is 0 Å². The van der Waals surface area contributed by atoms with E-state index in [0.29, 0.717) is 6.04 Å². The molecule has 4 nitrogen and oxygen atoms in total. The molecule has 2 aromatic rings. The third-order valence-electron chi connectivity index (χ3n) is 5.13. The van der Waals surface area contributed by atoms with Crippen LogP contribution in [-0.2, 0) is 13.6 Å². The number of aromatic nitrogens is 2. The van der Waals surface area contributed by atoms with Crippen LogP contribution in [-0.4, -0.2) is 28.8 Å². The molecule has 0 aliphatic carbocycles. The minimum absolute atomic E-state index is 0.325. The molecule has 0 spiro atoms. The number of benzene rings is 1. The topological polar surface area (TPSA) is 30.3 Å². The first-order valence-electron chi connectivity index (χ1n) is 8.11. The van der Waals surface area contributed by atoms with Gasteiger partial charge >= 0.3 is 0 Å². The summed E-state index contributed by atoms with van der Waals surface area (Å²) < 4.78 is 7.38. The van der Waals surface area contributed by atoms with Crippen LogP contribution < -0.4 is 4.74 Å². The highest BCUT2D eigenvalue weighted by Gasteiger charge is 2.20. The Bertz CT molecular complexity index is 703. The molecule has 0 bridgehead atoms. The molecule has 0 N–H and O–H groups in total. The van der Waals surface area contributed by atoms with Gasteiger partial charge in [-0.2, -0.15) is 5.10 Å². The monoisotopic (exact) mass is 315 g/mol. The normalized spacial score (nSPS) is 12.7. The summed E-state index contributed by atoms with van der Waals surface area (Å²) in [4.78, 5) is 2.38. The van der Waals surface area contributed by atoms with Crippen molar-refractivity contribution in [1.82, 2.24) is 14.7 Å². The van der Waals surface area contributed by atoms with Crippen molar-refractivity contribution < 1.29 is 4.74 Å². The van der Waals surface area contributed by atoms with Crippen molar-refractivity contribution in [3.63, 3.8) is 0 Å². The fraction of sp³-hybridized carbons (Fsp3) is 0.526. The predicted molar refractivity (Wildman–Crippen MR) is 95.0 cm³/mol. The van der Waals surface area contributed by atoms with Gasteiger partial charge < -0.3 is 4.74 Å². The van der Waals surface area contributed by atoms with E-state index >= 15 is 0 Å². The molecule has 0 aliphatic heterocycles. The number of methoxy groups -OCH3 is 1. The molecule has 2 rings (SSSR count). The second-order valence-electron chi connectivity index (χ2n) is 6.48. The second kappa shape index (κ2) is 6.75. The third kappa shape index (κ3) is 3.27. The molecule has 1 heterocycles. The highest BCUT2D eigenvalue weighted by molar-refractivity contribution is 5.43. The fourth-order valence-corrected chi connectivity index (χ4v) is 3.26. The maximum atomic E-state index is 5.41. The lowest BCUT2D eigenvalue weighted by Crippen LogP contribution is -2.23. The molecule has 1 aromatic heterocycles. The maximum Gasteiger partial charge on any atom is 0.122 e. The first-order chi connectivity index (χ1) is 10.8. The van der Waals surface area contributed by atoms with Gasteiger partial charge in [0.2, 0.25) is 0 Å². The Balaban J connectivity index is 2.25. The van der Waals surface area contributed by atoms with Gasteiger partial charge in [-0.25, -0.2) is 0 Å². The Labute approximate surface area is 140 Å².